The number of hydrogen-bond acceptors (Lipinski definition) is 0. The fraction of sp³-hybridized carbons (Fsp3) is 0.917. The molecule has 0 bridgehead atoms. The first kappa shape index (κ1) is 35.2. The zero-order valence-corrected chi connectivity index (χ0v) is 26.8. The van der Waals surface area contributed by atoms with Gasteiger partial charge in [0.25, 0.3) is 5.82 Å². The molecular weight excluding hydrogens is 460 g/mol. The Morgan fingerprint density at radius 3 is 1.13 bits per heavy atom. The Morgan fingerprint density at radius 2 is 0.763 bits per heavy atom. The summed E-state index contributed by atoms with van der Waals surface area (Å²) < 4.78 is 4.98. The van der Waals surface area contributed by atoms with Crippen LogP contribution in [0.15, 0.2) is 12.4 Å². The summed E-state index contributed by atoms with van der Waals surface area (Å²) in [6.45, 7) is 9.33. The molecule has 0 fully saturated rings. The number of nitrogens with zero attached hydrogens (tertiary/aromatic N) is 2. The second kappa shape index (κ2) is 27.8. The Hall–Kier alpha value is -0.790. The third-order valence-corrected chi connectivity index (χ3v) is 8.76. The molecule has 0 aliphatic carbocycles. The van der Waals surface area contributed by atoms with Gasteiger partial charge in [0.05, 0.1) is 13.1 Å². The molecule has 224 valence electrons. The molecule has 0 N–H and O–H groups in total. The Balaban J connectivity index is 1.87. The van der Waals surface area contributed by atoms with Crippen molar-refractivity contribution >= 4 is 0 Å². The summed E-state index contributed by atoms with van der Waals surface area (Å²) in [7, 11) is 0. The number of unbranched alkanes of at least 4 members (excludes halogenated alkanes) is 26. The maximum atomic E-state index is 2.49. The van der Waals surface area contributed by atoms with Crippen LogP contribution in [0.4, 0.5) is 0 Å². The number of aryl methyl sites for hydroxylation is 2. The van der Waals surface area contributed by atoms with Gasteiger partial charge in [-0.3, -0.25) is 0 Å². The van der Waals surface area contributed by atoms with E-state index in [4.69, 9.17) is 0 Å². The van der Waals surface area contributed by atoms with Gasteiger partial charge in [0.15, 0.2) is 0 Å². The van der Waals surface area contributed by atoms with Crippen molar-refractivity contribution in [1.82, 2.24) is 4.57 Å². The molecule has 1 rings (SSSR count). The van der Waals surface area contributed by atoms with Crippen LogP contribution in [-0.2, 0) is 13.1 Å². The van der Waals surface area contributed by atoms with E-state index in [9.17, 15) is 0 Å². The largest absolute Gasteiger partial charge is 0.253 e. The molecule has 1 aromatic rings. The molecule has 1 heterocycles. The topological polar surface area (TPSA) is 8.81 Å². The molecule has 1 aromatic heterocycles. The summed E-state index contributed by atoms with van der Waals surface area (Å²) in [6.07, 6.45) is 44.9. The third-order valence-electron chi connectivity index (χ3n) is 8.76. The summed E-state index contributed by atoms with van der Waals surface area (Å²) >= 11 is 0. The second-order valence-corrected chi connectivity index (χ2v) is 12.4. The predicted molar refractivity (Wildman–Crippen MR) is 170 cm³/mol. The lowest BCUT2D eigenvalue weighted by Crippen LogP contribution is -2.35. The van der Waals surface area contributed by atoms with Crippen LogP contribution in [0.5, 0.6) is 0 Å². The lowest BCUT2D eigenvalue weighted by Gasteiger charge is -2.04. The minimum absolute atomic E-state index is 1.20. The van der Waals surface area contributed by atoms with Gasteiger partial charge in [-0.25, -0.2) is 9.13 Å². The van der Waals surface area contributed by atoms with Gasteiger partial charge in [0.1, 0.15) is 12.4 Å². The molecule has 0 atom stereocenters. The van der Waals surface area contributed by atoms with E-state index in [0.717, 1.165) is 0 Å². The van der Waals surface area contributed by atoms with Gasteiger partial charge < -0.3 is 0 Å². The molecule has 0 unspecified atom stereocenters. The normalized spacial score (nSPS) is 11.6. The fourth-order valence-corrected chi connectivity index (χ4v) is 5.97. The van der Waals surface area contributed by atoms with Crippen LogP contribution in [0.3, 0.4) is 0 Å². The average Bonchev–Trinajstić information content (AvgIpc) is 3.27. The summed E-state index contributed by atoms with van der Waals surface area (Å²) in [4.78, 5) is 0. The van der Waals surface area contributed by atoms with Crippen molar-refractivity contribution in [2.45, 2.75) is 214 Å². The van der Waals surface area contributed by atoms with Crippen molar-refractivity contribution in [3.05, 3.63) is 18.2 Å². The lowest BCUT2D eigenvalue weighted by atomic mass is 10.0. The highest BCUT2D eigenvalue weighted by molar-refractivity contribution is 4.79. The average molecular weight is 532 g/mol. The quantitative estimate of drug-likeness (QED) is 0.0689. The summed E-state index contributed by atoms with van der Waals surface area (Å²) in [5, 5.41) is 0. The first-order valence-electron chi connectivity index (χ1n) is 17.8. The van der Waals surface area contributed by atoms with E-state index in [0.29, 0.717) is 0 Å². The summed E-state index contributed by atoms with van der Waals surface area (Å²) in [6, 6.07) is 0. The highest BCUT2D eigenvalue weighted by Gasteiger charge is 2.11. The highest BCUT2D eigenvalue weighted by Crippen LogP contribution is 2.15. The van der Waals surface area contributed by atoms with E-state index in [1.807, 2.05) is 0 Å². The van der Waals surface area contributed by atoms with Crippen molar-refractivity contribution in [2.24, 2.45) is 0 Å². The standard InChI is InChI=1S/C36H71N2/c1-4-6-8-10-12-14-16-17-18-19-20-21-23-25-27-29-31-33-38-35-34-37(36(38)3)32-30-28-26-24-22-15-13-11-9-7-5-2/h34-35H,4-33H2,1-3H3/q+1. The zero-order chi connectivity index (χ0) is 27.4. The van der Waals surface area contributed by atoms with E-state index in [-0.39, 0.29) is 0 Å². The number of aromatic nitrogens is 2. The Labute approximate surface area is 240 Å². The van der Waals surface area contributed by atoms with Crippen LogP contribution in [0.2, 0.25) is 0 Å². The van der Waals surface area contributed by atoms with Crippen LogP contribution in [-0.4, -0.2) is 4.57 Å². The summed E-state index contributed by atoms with van der Waals surface area (Å²) in [5.41, 5.74) is 0. The van der Waals surface area contributed by atoms with Crippen LogP contribution in [0, 0.1) is 6.92 Å². The van der Waals surface area contributed by atoms with E-state index in [2.05, 4.69) is 42.3 Å². The molecule has 38 heavy (non-hydrogen) atoms. The molecule has 0 spiro atoms. The van der Waals surface area contributed by atoms with Gasteiger partial charge >= 0.3 is 0 Å². The molecule has 0 saturated carbocycles. The second-order valence-electron chi connectivity index (χ2n) is 12.4. The lowest BCUT2D eigenvalue weighted by molar-refractivity contribution is -0.702. The minimum Gasteiger partial charge on any atom is -0.234 e. The molecule has 0 amide bonds. The van der Waals surface area contributed by atoms with Crippen LogP contribution >= 0.6 is 0 Å². The first-order chi connectivity index (χ1) is 18.8. The molecule has 0 aliphatic rings. The molecule has 0 saturated heterocycles. The van der Waals surface area contributed by atoms with Crippen LogP contribution in [0.1, 0.15) is 199 Å². The van der Waals surface area contributed by atoms with Gasteiger partial charge in [-0.2, -0.15) is 0 Å². The van der Waals surface area contributed by atoms with Crippen molar-refractivity contribution in [3.63, 3.8) is 0 Å². The van der Waals surface area contributed by atoms with E-state index >= 15 is 0 Å². The van der Waals surface area contributed by atoms with E-state index in [1.165, 1.54) is 199 Å². The van der Waals surface area contributed by atoms with Crippen LogP contribution < -0.4 is 4.57 Å². The number of imidazole rings is 1. The fourth-order valence-electron chi connectivity index (χ4n) is 5.97. The summed E-state index contributed by atoms with van der Waals surface area (Å²) in [5.74, 6) is 1.45. The smallest absolute Gasteiger partial charge is 0.234 e. The minimum atomic E-state index is 1.20. The van der Waals surface area contributed by atoms with E-state index in [1.54, 1.807) is 0 Å². The Kier molecular flexibility index (Phi) is 25.7. The van der Waals surface area contributed by atoms with Gasteiger partial charge in [-0.05, 0) is 25.7 Å². The SMILES string of the molecule is CCCCCCCCCCCCCCCCCCCn1cc[n+](CCCCCCCCCCCCC)c1C. The molecule has 0 aromatic carbocycles. The zero-order valence-electron chi connectivity index (χ0n) is 26.8. The number of rotatable bonds is 30. The van der Waals surface area contributed by atoms with Gasteiger partial charge in [0, 0.05) is 6.92 Å². The van der Waals surface area contributed by atoms with Crippen molar-refractivity contribution in [1.29, 1.82) is 0 Å². The molecule has 0 radical (unpaired) electrons. The van der Waals surface area contributed by atoms with Crippen molar-refractivity contribution in [3.8, 4) is 0 Å². The third kappa shape index (κ3) is 21.1. The monoisotopic (exact) mass is 532 g/mol. The van der Waals surface area contributed by atoms with E-state index < -0.39 is 0 Å². The van der Waals surface area contributed by atoms with Crippen molar-refractivity contribution in [2.75, 3.05) is 0 Å². The Morgan fingerprint density at radius 1 is 0.447 bits per heavy atom. The van der Waals surface area contributed by atoms with Crippen LogP contribution in [0.25, 0.3) is 0 Å². The maximum absolute atomic E-state index is 2.49. The molecule has 2 heteroatoms. The van der Waals surface area contributed by atoms with Gasteiger partial charge in [-0.15, -0.1) is 0 Å². The predicted octanol–water partition coefficient (Wildman–Crippen LogP) is 12.0. The first-order valence-corrected chi connectivity index (χ1v) is 17.8. The maximum Gasteiger partial charge on any atom is 0.253 e. The Bertz CT molecular complexity index is 590. The molecule has 2 nitrogen and oxygen atoms in total. The number of hydrogen-bond donors (Lipinski definition) is 0. The molecular formula is C36H71N2+. The van der Waals surface area contributed by atoms with Crippen molar-refractivity contribution < 1.29 is 4.57 Å². The molecule has 0 aliphatic heterocycles. The van der Waals surface area contributed by atoms with Gasteiger partial charge in [0.2, 0.25) is 0 Å². The van der Waals surface area contributed by atoms with Gasteiger partial charge in [-0.1, -0.05) is 168 Å². The highest BCUT2D eigenvalue weighted by atomic mass is 15.1.